The van der Waals surface area contributed by atoms with Crippen molar-refractivity contribution in [2.75, 3.05) is 13.2 Å². The third-order valence-corrected chi connectivity index (χ3v) is 11.3. The Balaban J connectivity index is 4.36. The number of carbonyl (C=O) groups excluding carboxylic acids is 3. The lowest BCUT2D eigenvalue weighted by Crippen LogP contribution is -2.30. The van der Waals surface area contributed by atoms with Crippen LogP contribution in [0.15, 0.2) is 60.8 Å². The van der Waals surface area contributed by atoms with E-state index in [0.717, 1.165) is 77.0 Å². The lowest BCUT2D eigenvalue weighted by Gasteiger charge is -2.18. The Kier molecular flexibility index (Phi) is 48.4. The third-order valence-electron chi connectivity index (χ3n) is 11.3. The SMILES string of the molecule is CC/C=C\C/C=C\C/C=C\CC(=O)OCC(COC(=O)CCCCCCC/C=C\C=C/CCCCCCCCC)OC(=O)CCCCCCCCCCCCCCCCCCC. The molecule has 0 radical (unpaired) electrons. The molecule has 0 spiro atoms. The van der Waals surface area contributed by atoms with Gasteiger partial charge in [-0.25, -0.2) is 0 Å². The van der Waals surface area contributed by atoms with E-state index in [1.807, 2.05) is 6.08 Å². The summed E-state index contributed by atoms with van der Waals surface area (Å²) in [7, 11) is 0. The first kappa shape index (κ1) is 59.1. The van der Waals surface area contributed by atoms with Gasteiger partial charge in [-0.3, -0.25) is 14.4 Å². The van der Waals surface area contributed by atoms with E-state index in [0.29, 0.717) is 12.8 Å². The summed E-state index contributed by atoms with van der Waals surface area (Å²) in [5.74, 6) is -1.04. The Morgan fingerprint density at radius 2 is 0.726 bits per heavy atom. The van der Waals surface area contributed by atoms with Crippen LogP contribution in [0, 0.1) is 0 Å². The van der Waals surface area contributed by atoms with E-state index in [2.05, 4.69) is 69.4 Å². The molecule has 1 unspecified atom stereocenters. The topological polar surface area (TPSA) is 78.9 Å². The minimum absolute atomic E-state index is 0.107. The average molecular weight is 867 g/mol. The van der Waals surface area contributed by atoms with Gasteiger partial charge in [-0.1, -0.05) is 242 Å². The molecule has 6 heteroatoms. The summed E-state index contributed by atoms with van der Waals surface area (Å²) < 4.78 is 16.7. The molecule has 6 nitrogen and oxygen atoms in total. The summed E-state index contributed by atoms with van der Waals surface area (Å²) in [5.41, 5.74) is 0. The van der Waals surface area contributed by atoms with Crippen molar-refractivity contribution in [3.05, 3.63) is 60.8 Å². The zero-order valence-electron chi connectivity index (χ0n) is 40.9. The Morgan fingerprint density at radius 3 is 1.16 bits per heavy atom. The second kappa shape index (κ2) is 50.8. The summed E-state index contributed by atoms with van der Waals surface area (Å²) in [5, 5.41) is 0. The largest absolute Gasteiger partial charge is 0.462 e. The molecule has 0 saturated carbocycles. The Bertz CT molecular complexity index is 1130. The number of hydrogen-bond acceptors (Lipinski definition) is 6. The fourth-order valence-corrected chi connectivity index (χ4v) is 7.38. The number of unbranched alkanes of at least 4 members (excludes halogenated alkanes) is 28. The first-order chi connectivity index (χ1) is 30.5. The van der Waals surface area contributed by atoms with Gasteiger partial charge >= 0.3 is 17.9 Å². The highest BCUT2D eigenvalue weighted by Crippen LogP contribution is 2.16. The van der Waals surface area contributed by atoms with Gasteiger partial charge in [-0.2, -0.15) is 0 Å². The van der Waals surface area contributed by atoms with Gasteiger partial charge in [0.25, 0.3) is 0 Å². The minimum Gasteiger partial charge on any atom is -0.462 e. The number of rotatable bonds is 47. The van der Waals surface area contributed by atoms with E-state index in [9.17, 15) is 14.4 Å². The highest BCUT2D eigenvalue weighted by atomic mass is 16.6. The highest BCUT2D eigenvalue weighted by Gasteiger charge is 2.19. The molecule has 0 N–H and O–H groups in total. The standard InChI is InChI=1S/C56H98O6/c1-4-7-10-13-16-19-21-23-25-27-29-30-32-34-37-40-43-46-49-55(58)61-52-53(51-60-54(57)48-45-42-39-36-18-15-12-9-6-3)62-56(59)50-47-44-41-38-35-33-31-28-26-24-22-20-17-14-11-8-5-2/h9,12,18,25,27,29-30,36,42,45,53H,4-8,10-11,13-17,19-24,26,28,31-35,37-41,43-44,46-52H2,1-3H3/b12-9-,27-25-,30-29-,36-18-,45-42-. The molecule has 0 aromatic heterocycles. The van der Waals surface area contributed by atoms with Crippen LogP contribution in [0.1, 0.15) is 258 Å². The van der Waals surface area contributed by atoms with Crippen molar-refractivity contribution in [3.8, 4) is 0 Å². The number of allylic oxidation sites excluding steroid dienone is 9. The van der Waals surface area contributed by atoms with Crippen LogP contribution in [-0.2, 0) is 28.6 Å². The molecule has 358 valence electrons. The van der Waals surface area contributed by atoms with Crippen LogP contribution >= 0.6 is 0 Å². The zero-order valence-corrected chi connectivity index (χ0v) is 40.9. The lowest BCUT2D eigenvalue weighted by atomic mass is 10.0. The molecule has 62 heavy (non-hydrogen) atoms. The molecule has 1 atom stereocenters. The minimum atomic E-state index is -0.812. The van der Waals surface area contributed by atoms with Crippen molar-refractivity contribution in [2.45, 2.75) is 264 Å². The molecule has 0 aliphatic carbocycles. The predicted octanol–water partition coefficient (Wildman–Crippen LogP) is 17.3. The fraction of sp³-hybridized carbons (Fsp3) is 0.768. The van der Waals surface area contributed by atoms with E-state index in [1.165, 1.54) is 141 Å². The summed E-state index contributed by atoms with van der Waals surface area (Å²) in [6, 6.07) is 0. The molecule has 0 aliphatic heterocycles. The first-order valence-electron chi connectivity index (χ1n) is 26.3. The van der Waals surface area contributed by atoms with Crippen molar-refractivity contribution >= 4 is 17.9 Å². The molecule has 0 bridgehead atoms. The molecular weight excluding hydrogens is 769 g/mol. The molecule has 0 saturated heterocycles. The van der Waals surface area contributed by atoms with Crippen molar-refractivity contribution in [1.29, 1.82) is 0 Å². The van der Waals surface area contributed by atoms with Gasteiger partial charge in [-0.15, -0.1) is 0 Å². The summed E-state index contributed by atoms with van der Waals surface area (Å²) in [6.07, 6.45) is 62.5. The van der Waals surface area contributed by atoms with Gasteiger partial charge in [-0.05, 0) is 57.8 Å². The summed E-state index contributed by atoms with van der Waals surface area (Å²) in [4.78, 5) is 37.8. The van der Waals surface area contributed by atoms with Crippen LogP contribution in [0.5, 0.6) is 0 Å². The average Bonchev–Trinajstić information content (AvgIpc) is 3.27. The maximum atomic E-state index is 12.8. The van der Waals surface area contributed by atoms with Crippen LogP contribution in [0.3, 0.4) is 0 Å². The number of esters is 3. The van der Waals surface area contributed by atoms with Crippen LogP contribution in [-0.4, -0.2) is 37.2 Å². The van der Waals surface area contributed by atoms with E-state index in [1.54, 1.807) is 6.08 Å². The Morgan fingerprint density at radius 1 is 0.371 bits per heavy atom. The molecule has 0 aliphatic rings. The van der Waals surface area contributed by atoms with Gasteiger partial charge in [0.1, 0.15) is 13.2 Å². The lowest BCUT2D eigenvalue weighted by molar-refractivity contribution is -0.166. The monoisotopic (exact) mass is 867 g/mol. The van der Waals surface area contributed by atoms with Crippen molar-refractivity contribution < 1.29 is 28.6 Å². The van der Waals surface area contributed by atoms with Crippen LogP contribution in [0.2, 0.25) is 0 Å². The maximum Gasteiger partial charge on any atom is 0.309 e. The molecule has 0 heterocycles. The first-order valence-corrected chi connectivity index (χ1v) is 26.3. The van der Waals surface area contributed by atoms with Gasteiger partial charge in [0.2, 0.25) is 0 Å². The van der Waals surface area contributed by atoms with Crippen LogP contribution < -0.4 is 0 Å². The quantitative estimate of drug-likeness (QED) is 0.0199. The number of hydrogen-bond donors (Lipinski definition) is 0. The van der Waals surface area contributed by atoms with Crippen LogP contribution in [0.25, 0.3) is 0 Å². The molecule has 0 aromatic rings. The smallest absolute Gasteiger partial charge is 0.309 e. The third kappa shape index (κ3) is 48.1. The molecule has 0 fully saturated rings. The number of carbonyl (C=O) groups is 3. The second-order valence-corrected chi connectivity index (χ2v) is 17.5. The summed E-state index contributed by atoms with van der Waals surface area (Å²) in [6.45, 7) is 6.42. The van der Waals surface area contributed by atoms with E-state index < -0.39 is 12.1 Å². The summed E-state index contributed by atoms with van der Waals surface area (Å²) >= 11 is 0. The molecule has 0 aromatic carbocycles. The van der Waals surface area contributed by atoms with Crippen molar-refractivity contribution in [3.63, 3.8) is 0 Å². The molecular formula is C56H98O6. The Hall–Kier alpha value is -2.89. The van der Waals surface area contributed by atoms with Gasteiger partial charge in [0, 0.05) is 12.8 Å². The van der Waals surface area contributed by atoms with Crippen molar-refractivity contribution in [2.24, 2.45) is 0 Å². The van der Waals surface area contributed by atoms with E-state index in [4.69, 9.17) is 14.2 Å². The second-order valence-electron chi connectivity index (χ2n) is 17.5. The normalized spacial score (nSPS) is 12.5. The van der Waals surface area contributed by atoms with Gasteiger partial charge in [0.05, 0.1) is 6.42 Å². The van der Waals surface area contributed by atoms with E-state index >= 15 is 0 Å². The van der Waals surface area contributed by atoms with E-state index in [-0.39, 0.29) is 31.6 Å². The number of ether oxygens (including phenoxy) is 3. The Labute approximate surface area is 383 Å². The van der Waals surface area contributed by atoms with Gasteiger partial charge < -0.3 is 14.2 Å². The van der Waals surface area contributed by atoms with Crippen LogP contribution in [0.4, 0.5) is 0 Å². The van der Waals surface area contributed by atoms with Crippen molar-refractivity contribution in [1.82, 2.24) is 0 Å². The maximum absolute atomic E-state index is 12.8. The predicted molar refractivity (Wildman–Crippen MR) is 265 cm³/mol. The van der Waals surface area contributed by atoms with Gasteiger partial charge in [0.15, 0.2) is 6.10 Å². The zero-order chi connectivity index (χ0) is 45.1. The fourth-order valence-electron chi connectivity index (χ4n) is 7.38. The highest BCUT2D eigenvalue weighted by molar-refractivity contribution is 5.72. The molecule has 0 amide bonds. The molecule has 0 rings (SSSR count).